The Kier molecular flexibility index (Phi) is 3.48. The highest BCUT2D eigenvalue weighted by atomic mass is 32.2. The van der Waals surface area contributed by atoms with E-state index in [1.165, 1.54) is 0 Å². The first-order chi connectivity index (χ1) is 10.1. The Morgan fingerprint density at radius 1 is 1.10 bits per heavy atom. The van der Waals surface area contributed by atoms with Gasteiger partial charge in [0.15, 0.2) is 0 Å². The van der Waals surface area contributed by atoms with Crippen LogP contribution in [0, 0.1) is 6.92 Å². The van der Waals surface area contributed by atoms with Gasteiger partial charge in [-0.2, -0.15) is 4.72 Å². The molecule has 0 unspecified atom stereocenters. The molecule has 0 radical (unpaired) electrons. The van der Waals surface area contributed by atoms with E-state index in [2.05, 4.69) is 9.71 Å². The average Bonchev–Trinajstić information content (AvgIpc) is 2.89. The second kappa shape index (κ2) is 5.31. The minimum atomic E-state index is -3.52. The topological polar surface area (TPSA) is 64.0 Å². The number of benzene rings is 2. The Balaban J connectivity index is 1.82. The molecule has 3 aromatic rings. The van der Waals surface area contributed by atoms with Crippen molar-refractivity contribution in [1.29, 1.82) is 0 Å². The maximum absolute atomic E-state index is 12.2. The molecule has 0 fully saturated rings. The molecule has 1 N–H and O–H groups in total. The zero-order valence-corrected chi connectivity index (χ0v) is 12.3. The van der Waals surface area contributed by atoms with Gasteiger partial charge >= 0.3 is 0 Å². The molecule has 108 valence electrons. The second-order valence-electron chi connectivity index (χ2n) is 4.82. The first kappa shape index (κ1) is 13.8. The summed E-state index contributed by atoms with van der Waals surface area (Å²) in [6.45, 7) is 2.07. The summed E-state index contributed by atoms with van der Waals surface area (Å²) in [4.78, 5) is 4.49. The van der Waals surface area contributed by atoms with E-state index >= 15 is 0 Å². The van der Waals surface area contributed by atoms with Crippen LogP contribution in [0.3, 0.4) is 0 Å². The predicted molar refractivity (Wildman–Crippen MR) is 81.2 cm³/mol. The first-order valence-electron chi connectivity index (χ1n) is 6.52. The highest BCUT2D eigenvalue weighted by molar-refractivity contribution is 7.89. The van der Waals surface area contributed by atoms with Gasteiger partial charge in [-0.15, -0.1) is 0 Å². The number of rotatable bonds is 4. The minimum Gasteiger partial charge on any atom is -0.316 e. The van der Waals surface area contributed by atoms with Crippen molar-refractivity contribution in [3.8, 4) is 0 Å². The molecule has 5 nitrogen and oxygen atoms in total. The van der Waals surface area contributed by atoms with Crippen LogP contribution in [0.1, 0.15) is 5.56 Å². The standard InChI is InChI=1S/C15H15N3O2S/c1-12-6-8-13(9-7-12)21(19,20)17-11-18-10-16-14-4-2-3-5-15(14)18/h2-10,17H,11H2,1H3. The minimum absolute atomic E-state index is 0.150. The van der Waals surface area contributed by atoms with Crippen LogP contribution in [-0.4, -0.2) is 18.0 Å². The number of nitrogens with one attached hydrogen (secondary N) is 1. The zero-order valence-electron chi connectivity index (χ0n) is 11.5. The van der Waals surface area contributed by atoms with Crippen LogP contribution >= 0.6 is 0 Å². The molecular weight excluding hydrogens is 286 g/mol. The van der Waals surface area contributed by atoms with E-state index in [-0.39, 0.29) is 11.6 Å². The van der Waals surface area contributed by atoms with Gasteiger partial charge in [0.05, 0.1) is 28.9 Å². The molecule has 21 heavy (non-hydrogen) atoms. The number of fused-ring (bicyclic) bond motifs is 1. The average molecular weight is 301 g/mol. The molecule has 0 saturated carbocycles. The van der Waals surface area contributed by atoms with Gasteiger partial charge in [0, 0.05) is 0 Å². The second-order valence-corrected chi connectivity index (χ2v) is 6.59. The molecule has 1 heterocycles. The number of imidazole rings is 1. The van der Waals surface area contributed by atoms with Gasteiger partial charge in [0.1, 0.15) is 0 Å². The molecule has 0 aliphatic heterocycles. The lowest BCUT2D eigenvalue weighted by Crippen LogP contribution is -2.26. The predicted octanol–water partition coefficient (Wildman–Crippen LogP) is 2.28. The van der Waals surface area contributed by atoms with Crippen LogP contribution in [0.4, 0.5) is 0 Å². The van der Waals surface area contributed by atoms with Crippen molar-refractivity contribution in [3.63, 3.8) is 0 Å². The maximum Gasteiger partial charge on any atom is 0.242 e. The zero-order chi connectivity index (χ0) is 14.9. The third-order valence-electron chi connectivity index (χ3n) is 3.28. The Hall–Kier alpha value is -2.18. The first-order valence-corrected chi connectivity index (χ1v) is 8.01. The van der Waals surface area contributed by atoms with Gasteiger partial charge in [0.25, 0.3) is 0 Å². The molecule has 0 spiro atoms. The number of para-hydroxylation sites is 2. The summed E-state index contributed by atoms with van der Waals surface area (Å²) in [5.41, 5.74) is 2.76. The fraction of sp³-hybridized carbons (Fsp3) is 0.133. The Morgan fingerprint density at radius 3 is 2.57 bits per heavy atom. The van der Waals surface area contributed by atoms with Crippen molar-refractivity contribution < 1.29 is 8.42 Å². The molecule has 6 heteroatoms. The summed E-state index contributed by atoms with van der Waals surface area (Å²) in [6.07, 6.45) is 1.63. The number of aromatic nitrogens is 2. The summed E-state index contributed by atoms with van der Waals surface area (Å²) in [5.74, 6) is 0. The van der Waals surface area contributed by atoms with E-state index in [9.17, 15) is 8.42 Å². The van der Waals surface area contributed by atoms with E-state index in [4.69, 9.17) is 0 Å². The molecule has 0 amide bonds. The molecule has 3 rings (SSSR count). The van der Waals surface area contributed by atoms with Gasteiger partial charge in [-0.05, 0) is 31.2 Å². The lowest BCUT2D eigenvalue weighted by molar-refractivity contribution is 0.565. The Labute approximate surface area is 123 Å². The molecule has 0 atom stereocenters. The lowest BCUT2D eigenvalue weighted by Gasteiger charge is -2.08. The Bertz CT molecular complexity index is 867. The monoisotopic (exact) mass is 301 g/mol. The molecule has 1 aromatic heterocycles. The summed E-state index contributed by atoms with van der Waals surface area (Å²) in [7, 11) is -3.52. The van der Waals surface area contributed by atoms with Crippen molar-refractivity contribution in [2.75, 3.05) is 0 Å². The van der Waals surface area contributed by atoms with Gasteiger partial charge in [-0.3, -0.25) is 0 Å². The van der Waals surface area contributed by atoms with Crippen LogP contribution in [0.5, 0.6) is 0 Å². The number of nitrogens with zero attached hydrogens (tertiary/aromatic N) is 2. The van der Waals surface area contributed by atoms with E-state index < -0.39 is 10.0 Å². The molecule has 0 bridgehead atoms. The van der Waals surface area contributed by atoms with Crippen LogP contribution in [0.15, 0.2) is 59.8 Å². The summed E-state index contributed by atoms with van der Waals surface area (Å²) >= 11 is 0. The van der Waals surface area contributed by atoms with E-state index in [1.807, 2.05) is 31.2 Å². The fourth-order valence-corrected chi connectivity index (χ4v) is 3.06. The normalized spacial score (nSPS) is 11.9. The van der Waals surface area contributed by atoms with Gasteiger partial charge < -0.3 is 4.57 Å². The molecule has 0 aliphatic carbocycles. The molecule has 0 aliphatic rings. The van der Waals surface area contributed by atoms with E-state index in [0.29, 0.717) is 0 Å². The number of hydrogen-bond acceptors (Lipinski definition) is 3. The maximum atomic E-state index is 12.2. The Morgan fingerprint density at radius 2 is 1.81 bits per heavy atom. The molecular formula is C15H15N3O2S. The number of hydrogen-bond donors (Lipinski definition) is 1. The smallest absolute Gasteiger partial charge is 0.242 e. The van der Waals surface area contributed by atoms with Crippen molar-refractivity contribution >= 4 is 21.1 Å². The SMILES string of the molecule is Cc1ccc(S(=O)(=O)NCn2cnc3ccccc32)cc1. The van der Waals surface area contributed by atoms with Crippen LogP contribution in [0.25, 0.3) is 11.0 Å². The molecule has 0 saturated heterocycles. The highest BCUT2D eigenvalue weighted by Crippen LogP contribution is 2.13. The number of sulfonamides is 1. The van der Waals surface area contributed by atoms with Crippen molar-refractivity contribution in [3.05, 3.63) is 60.4 Å². The summed E-state index contributed by atoms with van der Waals surface area (Å²) < 4.78 is 28.8. The van der Waals surface area contributed by atoms with Gasteiger partial charge in [0.2, 0.25) is 10.0 Å². The summed E-state index contributed by atoms with van der Waals surface area (Å²) in [6, 6.07) is 14.4. The molecule has 2 aromatic carbocycles. The third kappa shape index (κ3) is 2.81. The van der Waals surface area contributed by atoms with E-state index in [1.54, 1.807) is 35.2 Å². The quantitative estimate of drug-likeness (QED) is 0.804. The van der Waals surface area contributed by atoms with E-state index in [0.717, 1.165) is 16.6 Å². The van der Waals surface area contributed by atoms with Crippen molar-refractivity contribution in [2.24, 2.45) is 0 Å². The highest BCUT2D eigenvalue weighted by Gasteiger charge is 2.13. The van der Waals surface area contributed by atoms with Gasteiger partial charge in [-0.1, -0.05) is 29.8 Å². The van der Waals surface area contributed by atoms with Crippen LogP contribution < -0.4 is 4.72 Å². The van der Waals surface area contributed by atoms with Crippen molar-refractivity contribution in [2.45, 2.75) is 18.5 Å². The number of aryl methyl sites for hydroxylation is 1. The third-order valence-corrected chi connectivity index (χ3v) is 4.69. The lowest BCUT2D eigenvalue weighted by atomic mass is 10.2. The van der Waals surface area contributed by atoms with Crippen molar-refractivity contribution in [1.82, 2.24) is 14.3 Å². The fourth-order valence-electron chi connectivity index (χ4n) is 2.09. The van der Waals surface area contributed by atoms with Crippen LogP contribution in [0.2, 0.25) is 0 Å². The van der Waals surface area contributed by atoms with Gasteiger partial charge in [-0.25, -0.2) is 13.4 Å². The summed E-state index contributed by atoms with van der Waals surface area (Å²) in [5, 5.41) is 0. The van der Waals surface area contributed by atoms with Crippen LogP contribution in [-0.2, 0) is 16.7 Å². The largest absolute Gasteiger partial charge is 0.316 e.